The summed E-state index contributed by atoms with van der Waals surface area (Å²) in [5, 5.41) is 14.3. The normalized spacial score (nSPS) is 12.7. The number of amides is 2. The van der Waals surface area contributed by atoms with Crippen LogP contribution in [-0.2, 0) is 6.18 Å². The van der Waals surface area contributed by atoms with Crippen LogP contribution in [0.1, 0.15) is 17.6 Å². The third-order valence-electron chi connectivity index (χ3n) is 2.64. The number of nitrogens with zero attached hydrogens (tertiary/aromatic N) is 1. The summed E-state index contributed by atoms with van der Waals surface area (Å²) in [5.74, 6) is 0.288. The van der Waals surface area contributed by atoms with Crippen molar-refractivity contribution < 1.29 is 27.5 Å². The number of nitrogens with one attached hydrogen (secondary N) is 2. The second kappa shape index (κ2) is 6.48. The van der Waals surface area contributed by atoms with Gasteiger partial charge in [-0.25, -0.2) is 9.78 Å². The molecule has 2 aromatic heterocycles. The highest BCUT2D eigenvalue weighted by Gasteiger charge is 2.32. The van der Waals surface area contributed by atoms with Crippen LogP contribution in [0.3, 0.4) is 0 Å². The Hall–Kier alpha value is -2.55. The van der Waals surface area contributed by atoms with Crippen molar-refractivity contribution in [3.05, 3.63) is 48.2 Å². The van der Waals surface area contributed by atoms with E-state index in [0.717, 1.165) is 18.3 Å². The third kappa shape index (κ3) is 4.22. The molecule has 2 amide bonds. The number of halogens is 3. The average Bonchev–Trinajstić information content (AvgIpc) is 2.98. The van der Waals surface area contributed by atoms with Crippen LogP contribution in [0.2, 0.25) is 0 Å². The van der Waals surface area contributed by atoms with Crippen LogP contribution in [0.4, 0.5) is 23.7 Å². The van der Waals surface area contributed by atoms with E-state index in [1.165, 1.54) is 6.26 Å². The number of furan rings is 1. The summed E-state index contributed by atoms with van der Waals surface area (Å²) < 4.78 is 41.9. The molecule has 6 nitrogen and oxygen atoms in total. The minimum Gasteiger partial charge on any atom is -0.467 e. The first kappa shape index (κ1) is 15.8. The zero-order valence-electron chi connectivity index (χ0n) is 11.1. The highest BCUT2D eigenvalue weighted by molar-refractivity contribution is 5.88. The zero-order chi connectivity index (χ0) is 16.2. The van der Waals surface area contributed by atoms with Crippen molar-refractivity contribution >= 4 is 11.7 Å². The number of aromatic nitrogens is 1. The summed E-state index contributed by atoms with van der Waals surface area (Å²) in [6.07, 6.45) is -3.28. The Morgan fingerprint density at radius 3 is 2.68 bits per heavy atom. The molecule has 9 heteroatoms. The number of carbonyl (C=O) groups is 1. The van der Waals surface area contributed by atoms with Crippen molar-refractivity contribution in [1.29, 1.82) is 0 Å². The number of aliphatic hydroxyl groups excluding tert-OH is 1. The number of anilines is 1. The molecule has 0 saturated heterocycles. The third-order valence-corrected chi connectivity index (χ3v) is 2.64. The fourth-order valence-corrected chi connectivity index (χ4v) is 1.58. The Labute approximate surface area is 123 Å². The molecule has 3 N–H and O–H groups in total. The van der Waals surface area contributed by atoms with Crippen LogP contribution >= 0.6 is 0 Å². The van der Waals surface area contributed by atoms with Gasteiger partial charge < -0.3 is 20.2 Å². The second-order valence-corrected chi connectivity index (χ2v) is 4.30. The molecule has 0 radical (unpaired) electrons. The maximum Gasteiger partial charge on any atom is 0.433 e. The Bertz CT molecular complexity index is 612. The van der Waals surface area contributed by atoms with Crippen molar-refractivity contribution in [2.75, 3.05) is 11.9 Å². The van der Waals surface area contributed by atoms with E-state index < -0.39 is 24.0 Å². The number of aliphatic hydroxyl groups is 1. The zero-order valence-corrected chi connectivity index (χ0v) is 11.1. The summed E-state index contributed by atoms with van der Waals surface area (Å²) >= 11 is 0. The number of hydrogen-bond donors (Lipinski definition) is 3. The van der Waals surface area contributed by atoms with E-state index in [4.69, 9.17) is 4.42 Å². The van der Waals surface area contributed by atoms with Gasteiger partial charge in [0.15, 0.2) is 0 Å². The summed E-state index contributed by atoms with van der Waals surface area (Å²) in [7, 11) is 0. The second-order valence-electron chi connectivity index (χ2n) is 4.30. The molecule has 2 rings (SSSR count). The van der Waals surface area contributed by atoms with Crippen molar-refractivity contribution in [3.8, 4) is 0 Å². The van der Waals surface area contributed by atoms with E-state index >= 15 is 0 Å². The molecule has 0 aliphatic carbocycles. The minimum absolute atomic E-state index is 0.0954. The van der Waals surface area contributed by atoms with Gasteiger partial charge in [-0.05, 0) is 24.3 Å². The highest BCUT2D eigenvalue weighted by atomic mass is 19.4. The maximum atomic E-state index is 12.3. The quantitative estimate of drug-likeness (QED) is 0.809. The largest absolute Gasteiger partial charge is 0.467 e. The predicted molar refractivity (Wildman–Crippen MR) is 69.9 cm³/mol. The van der Waals surface area contributed by atoms with E-state index in [1.807, 2.05) is 0 Å². The first-order chi connectivity index (χ1) is 10.4. The van der Waals surface area contributed by atoms with E-state index in [2.05, 4.69) is 15.6 Å². The van der Waals surface area contributed by atoms with E-state index in [-0.39, 0.29) is 18.0 Å². The lowest BCUT2D eigenvalue weighted by atomic mass is 10.3. The molecule has 0 aliphatic heterocycles. The van der Waals surface area contributed by atoms with Gasteiger partial charge in [0.05, 0.1) is 24.7 Å². The Balaban J connectivity index is 1.84. The summed E-state index contributed by atoms with van der Waals surface area (Å²) in [6, 6.07) is 4.29. The molecule has 0 spiro atoms. The van der Waals surface area contributed by atoms with Gasteiger partial charge in [0.1, 0.15) is 17.6 Å². The molecule has 0 aliphatic rings. The van der Waals surface area contributed by atoms with E-state index in [0.29, 0.717) is 0 Å². The van der Waals surface area contributed by atoms with Gasteiger partial charge in [-0.3, -0.25) is 0 Å². The molecule has 2 aromatic rings. The Morgan fingerprint density at radius 1 is 1.36 bits per heavy atom. The van der Waals surface area contributed by atoms with Crippen LogP contribution in [0.25, 0.3) is 0 Å². The lowest BCUT2D eigenvalue weighted by molar-refractivity contribution is -0.141. The molecule has 0 saturated carbocycles. The Morgan fingerprint density at radius 2 is 2.14 bits per heavy atom. The Kier molecular flexibility index (Phi) is 4.66. The van der Waals surface area contributed by atoms with Gasteiger partial charge in [-0.2, -0.15) is 13.2 Å². The molecule has 0 aromatic carbocycles. The summed E-state index contributed by atoms with van der Waals surface area (Å²) in [6.45, 7) is -0.118. The lowest BCUT2D eigenvalue weighted by Crippen LogP contribution is -2.32. The van der Waals surface area contributed by atoms with Gasteiger partial charge in [-0.15, -0.1) is 0 Å². The number of pyridine rings is 1. The smallest absolute Gasteiger partial charge is 0.433 e. The monoisotopic (exact) mass is 315 g/mol. The molecular weight excluding hydrogens is 303 g/mol. The van der Waals surface area contributed by atoms with Crippen LogP contribution in [0.5, 0.6) is 0 Å². The number of alkyl halides is 3. The van der Waals surface area contributed by atoms with Gasteiger partial charge >= 0.3 is 12.2 Å². The van der Waals surface area contributed by atoms with Crippen molar-refractivity contribution in [2.24, 2.45) is 0 Å². The molecule has 0 bridgehead atoms. The van der Waals surface area contributed by atoms with Crippen LogP contribution in [0, 0.1) is 0 Å². The number of rotatable bonds is 4. The van der Waals surface area contributed by atoms with Gasteiger partial charge in [0.25, 0.3) is 0 Å². The SMILES string of the molecule is O=C(NCC(O)c1ccco1)Nc1ccc(C(F)(F)F)nc1. The molecule has 118 valence electrons. The summed E-state index contributed by atoms with van der Waals surface area (Å²) in [4.78, 5) is 14.8. The van der Waals surface area contributed by atoms with Gasteiger partial charge in [-0.1, -0.05) is 0 Å². The van der Waals surface area contributed by atoms with E-state index in [1.54, 1.807) is 12.1 Å². The van der Waals surface area contributed by atoms with Crippen molar-refractivity contribution in [3.63, 3.8) is 0 Å². The molecule has 22 heavy (non-hydrogen) atoms. The molecule has 1 atom stereocenters. The van der Waals surface area contributed by atoms with Gasteiger partial charge in [0, 0.05) is 0 Å². The average molecular weight is 315 g/mol. The van der Waals surface area contributed by atoms with Crippen LogP contribution in [0.15, 0.2) is 41.1 Å². The standard InChI is InChI=1S/C13H12F3N3O3/c14-13(15,16)11-4-3-8(6-17-11)19-12(21)18-7-9(20)10-2-1-5-22-10/h1-6,9,20H,7H2,(H2,18,19,21). The number of hydrogen-bond acceptors (Lipinski definition) is 4. The lowest BCUT2D eigenvalue weighted by Gasteiger charge is -2.11. The fraction of sp³-hybridized carbons (Fsp3) is 0.231. The molecule has 1 unspecified atom stereocenters. The maximum absolute atomic E-state index is 12.3. The number of urea groups is 1. The predicted octanol–water partition coefficient (Wildman–Crippen LogP) is 2.55. The van der Waals surface area contributed by atoms with Crippen LogP contribution in [-0.4, -0.2) is 22.7 Å². The highest BCUT2D eigenvalue weighted by Crippen LogP contribution is 2.27. The first-order valence-corrected chi connectivity index (χ1v) is 6.16. The van der Waals surface area contributed by atoms with Crippen molar-refractivity contribution in [2.45, 2.75) is 12.3 Å². The first-order valence-electron chi connectivity index (χ1n) is 6.16. The topological polar surface area (TPSA) is 87.4 Å². The molecule has 0 fully saturated rings. The van der Waals surface area contributed by atoms with Gasteiger partial charge in [0.2, 0.25) is 0 Å². The van der Waals surface area contributed by atoms with E-state index in [9.17, 15) is 23.1 Å². The number of carbonyl (C=O) groups excluding carboxylic acids is 1. The van der Waals surface area contributed by atoms with Crippen LogP contribution < -0.4 is 10.6 Å². The van der Waals surface area contributed by atoms with Crippen molar-refractivity contribution in [1.82, 2.24) is 10.3 Å². The fourth-order valence-electron chi connectivity index (χ4n) is 1.58. The minimum atomic E-state index is -4.53. The molecular formula is C13H12F3N3O3. The molecule has 2 heterocycles. The summed E-state index contributed by atoms with van der Waals surface area (Å²) in [5.41, 5.74) is -0.954.